The van der Waals surface area contributed by atoms with Crippen molar-refractivity contribution < 1.29 is 4.52 Å². The van der Waals surface area contributed by atoms with Crippen LogP contribution in [-0.4, -0.2) is 5.16 Å². The standard InChI is InChI=1S/C5H8BrN3O/c1-3-5(6)4(2-8-7)10-9-3/h8H,2,7H2,1H3. The molecule has 1 rings (SSSR count). The van der Waals surface area contributed by atoms with E-state index in [1.807, 2.05) is 6.92 Å². The minimum absolute atomic E-state index is 0.488. The van der Waals surface area contributed by atoms with E-state index in [0.29, 0.717) is 6.54 Å². The Morgan fingerprint density at radius 1 is 1.80 bits per heavy atom. The van der Waals surface area contributed by atoms with Gasteiger partial charge < -0.3 is 4.52 Å². The summed E-state index contributed by atoms with van der Waals surface area (Å²) in [6.45, 7) is 2.34. The Balaban J connectivity index is 2.83. The zero-order valence-corrected chi connectivity index (χ0v) is 7.10. The SMILES string of the molecule is Cc1noc(CNN)c1Br. The first kappa shape index (κ1) is 7.71. The minimum Gasteiger partial charge on any atom is -0.358 e. The van der Waals surface area contributed by atoms with E-state index in [-0.39, 0.29) is 0 Å². The molecule has 0 aliphatic heterocycles. The molecule has 0 bridgehead atoms. The van der Waals surface area contributed by atoms with Crippen LogP contribution in [0, 0.1) is 6.92 Å². The highest BCUT2D eigenvalue weighted by molar-refractivity contribution is 9.10. The van der Waals surface area contributed by atoms with Crippen LogP contribution in [0.15, 0.2) is 9.00 Å². The first-order chi connectivity index (χ1) is 4.75. The summed E-state index contributed by atoms with van der Waals surface area (Å²) < 4.78 is 5.78. The summed E-state index contributed by atoms with van der Waals surface area (Å²) in [4.78, 5) is 0. The molecule has 0 spiro atoms. The lowest BCUT2D eigenvalue weighted by Crippen LogP contribution is -2.20. The molecule has 0 aromatic carbocycles. The van der Waals surface area contributed by atoms with Crippen LogP contribution in [0.5, 0.6) is 0 Å². The number of nitrogens with two attached hydrogens (primary N) is 1. The van der Waals surface area contributed by atoms with E-state index in [1.165, 1.54) is 0 Å². The highest BCUT2D eigenvalue weighted by Gasteiger charge is 2.07. The average molecular weight is 206 g/mol. The van der Waals surface area contributed by atoms with Crippen LogP contribution in [0.3, 0.4) is 0 Å². The van der Waals surface area contributed by atoms with Gasteiger partial charge in [-0.25, -0.2) is 0 Å². The van der Waals surface area contributed by atoms with Gasteiger partial charge in [-0.2, -0.15) is 0 Å². The van der Waals surface area contributed by atoms with Gasteiger partial charge in [0.15, 0.2) is 5.76 Å². The summed E-state index contributed by atoms with van der Waals surface area (Å²) in [5.74, 6) is 5.80. The van der Waals surface area contributed by atoms with Gasteiger partial charge >= 0.3 is 0 Å². The maximum absolute atomic E-state index is 5.08. The van der Waals surface area contributed by atoms with Crippen LogP contribution in [-0.2, 0) is 6.54 Å². The lowest BCUT2D eigenvalue weighted by molar-refractivity contribution is 0.370. The van der Waals surface area contributed by atoms with Crippen molar-refractivity contribution in [2.24, 2.45) is 5.84 Å². The molecule has 4 nitrogen and oxygen atoms in total. The van der Waals surface area contributed by atoms with Crippen LogP contribution in [0.1, 0.15) is 11.5 Å². The van der Waals surface area contributed by atoms with Crippen LogP contribution < -0.4 is 11.3 Å². The van der Waals surface area contributed by atoms with Crippen LogP contribution >= 0.6 is 15.9 Å². The van der Waals surface area contributed by atoms with Gasteiger partial charge in [-0.3, -0.25) is 11.3 Å². The van der Waals surface area contributed by atoms with Gasteiger partial charge in [-0.1, -0.05) is 5.16 Å². The Morgan fingerprint density at radius 3 is 2.90 bits per heavy atom. The molecule has 1 aromatic rings. The number of hydrogen-bond acceptors (Lipinski definition) is 4. The summed E-state index contributed by atoms with van der Waals surface area (Å²) in [6.07, 6.45) is 0. The maximum Gasteiger partial charge on any atom is 0.166 e. The van der Waals surface area contributed by atoms with Crippen LogP contribution in [0.2, 0.25) is 0 Å². The number of halogens is 1. The highest BCUT2D eigenvalue weighted by atomic mass is 79.9. The molecule has 0 unspecified atom stereocenters. The van der Waals surface area contributed by atoms with E-state index in [2.05, 4.69) is 26.5 Å². The fraction of sp³-hybridized carbons (Fsp3) is 0.400. The van der Waals surface area contributed by atoms with E-state index >= 15 is 0 Å². The molecule has 10 heavy (non-hydrogen) atoms. The summed E-state index contributed by atoms with van der Waals surface area (Å²) in [7, 11) is 0. The predicted molar refractivity (Wildman–Crippen MR) is 40.0 cm³/mol. The number of nitrogens with one attached hydrogen (secondary N) is 1. The molecule has 0 fully saturated rings. The van der Waals surface area contributed by atoms with E-state index in [9.17, 15) is 0 Å². The largest absolute Gasteiger partial charge is 0.358 e. The number of hydrazine groups is 1. The second-order valence-corrected chi connectivity index (χ2v) is 2.68. The fourth-order valence-corrected chi connectivity index (χ4v) is 0.893. The number of nitrogens with zero attached hydrogens (tertiary/aromatic N) is 1. The number of hydrogen-bond donors (Lipinski definition) is 2. The Morgan fingerprint density at radius 2 is 2.50 bits per heavy atom. The lowest BCUT2D eigenvalue weighted by Gasteiger charge is -1.91. The monoisotopic (exact) mass is 205 g/mol. The molecule has 1 aromatic heterocycles. The zero-order chi connectivity index (χ0) is 7.56. The second kappa shape index (κ2) is 3.14. The van der Waals surface area contributed by atoms with Gasteiger partial charge in [0, 0.05) is 0 Å². The molecule has 5 heteroatoms. The van der Waals surface area contributed by atoms with Gasteiger partial charge in [0.05, 0.1) is 16.7 Å². The number of rotatable bonds is 2. The van der Waals surface area contributed by atoms with Gasteiger partial charge in [0.2, 0.25) is 0 Å². The molecule has 0 aliphatic rings. The smallest absolute Gasteiger partial charge is 0.166 e. The van der Waals surface area contributed by atoms with Gasteiger partial charge in [0.1, 0.15) is 0 Å². The minimum atomic E-state index is 0.488. The average Bonchev–Trinajstić information content (AvgIpc) is 2.20. The van der Waals surface area contributed by atoms with E-state index in [1.54, 1.807) is 0 Å². The fourth-order valence-electron chi connectivity index (χ4n) is 0.608. The summed E-state index contributed by atoms with van der Waals surface area (Å²) in [5, 5.41) is 3.72. The van der Waals surface area contributed by atoms with E-state index in [4.69, 9.17) is 10.4 Å². The predicted octanol–water partition coefficient (Wildman–Crippen LogP) is 0.709. The highest BCUT2D eigenvalue weighted by Crippen LogP contribution is 2.19. The van der Waals surface area contributed by atoms with Crippen LogP contribution in [0.25, 0.3) is 0 Å². The van der Waals surface area contributed by atoms with Crippen molar-refractivity contribution in [3.63, 3.8) is 0 Å². The van der Waals surface area contributed by atoms with Crippen molar-refractivity contribution in [1.29, 1.82) is 0 Å². The third kappa shape index (κ3) is 1.36. The molecular weight excluding hydrogens is 198 g/mol. The van der Waals surface area contributed by atoms with Gasteiger partial charge in [-0.15, -0.1) is 0 Å². The third-order valence-electron chi connectivity index (χ3n) is 1.12. The number of aromatic nitrogens is 1. The molecule has 1 heterocycles. The van der Waals surface area contributed by atoms with Crippen molar-refractivity contribution in [1.82, 2.24) is 10.6 Å². The van der Waals surface area contributed by atoms with Crippen molar-refractivity contribution in [2.45, 2.75) is 13.5 Å². The molecule has 0 saturated heterocycles. The van der Waals surface area contributed by atoms with Crippen molar-refractivity contribution in [2.75, 3.05) is 0 Å². The summed E-state index contributed by atoms with van der Waals surface area (Å²) in [5.41, 5.74) is 3.31. The van der Waals surface area contributed by atoms with Gasteiger partial charge in [-0.05, 0) is 22.9 Å². The quantitative estimate of drug-likeness (QED) is 0.552. The molecule has 0 atom stereocenters. The maximum atomic E-state index is 5.08. The Labute approximate surface area is 66.9 Å². The molecule has 3 N–H and O–H groups in total. The Kier molecular flexibility index (Phi) is 2.42. The third-order valence-corrected chi connectivity index (χ3v) is 2.13. The van der Waals surface area contributed by atoms with Crippen molar-refractivity contribution in [3.8, 4) is 0 Å². The van der Waals surface area contributed by atoms with Crippen LogP contribution in [0.4, 0.5) is 0 Å². The molecule has 0 saturated carbocycles. The molecule has 0 amide bonds. The molecular formula is C5H8BrN3O. The van der Waals surface area contributed by atoms with Gasteiger partial charge in [0.25, 0.3) is 0 Å². The lowest BCUT2D eigenvalue weighted by atomic mass is 10.4. The van der Waals surface area contributed by atoms with Crippen molar-refractivity contribution in [3.05, 3.63) is 15.9 Å². The topological polar surface area (TPSA) is 64.1 Å². The first-order valence-electron chi connectivity index (χ1n) is 2.80. The van der Waals surface area contributed by atoms with Crippen molar-refractivity contribution >= 4 is 15.9 Å². The first-order valence-corrected chi connectivity index (χ1v) is 3.59. The molecule has 0 radical (unpaired) electrons. The molecule has 56 valence electrons. The Bertz CT molecular complexity index is 223. The number of aryl methyl sites for hydroxylation is 1. The van der Waals surface area contributed by atoms with E-state index in [0.717, 1.165) is 15.9 Å². The zero-order valence-electron chi connectivity index (χ0n) is 5.52. The summed E-state index contributed by atoms with van der Waals surface area (Å²) in [6, 6.07) is 0. The second-order valence-electron chi connectivity index (χ2n) is 1.89. The normalized spacial score (nSPS) is 10.3. The van der Waals surface area contributed by atoms with E-state index < -0.39 is 0 Å². The summed E-state index contributed by atoms with van der Waals surface area (Å²) >= 11 is 3.30. The molecule has 0 aliphatic carbocycles. The Hall–Kier alpha value is -0.390.